The molecule has 0 aliphatic carbocycles. The summed E-state index contributed by atoms with van der Waals surface area (Å²) >= 11 is 1.67. The van der Waals surface area contributed by atoms with Crippen LogP contribution in [-0.4, -0.2) is 34.5 Å². The van der Waals surface area contributed by atoms with Gasteiger partial charge in [-0.15, -0.1) is 35.3 Å². The number of aryl methyl sites for hydroxylation is 2. The largest absolute Gasteiger partial charge is 0.353 e. The lowest BCUT2D eigenvalue weighted by molar-refractivity contribution is 0.462. The van der Waals surface area contributed by atoms with Gasteiger partial charge in [-0.1, -0.05) is 0 Å². The number of hydrogen-bond donors (Lipinski definition) is 1. The van der Waals surface area contributed by atoms with Crippen LogP contribution >= 0.6 is 35.3 Å². The molecule has 116 valence electrons. The monoisotopic (exact) mass is 419 g/mol. The van der Waals surface area contributed by atoms with Gasteiger partial charge in [-0.2, -0.15) is 0 Å². The summed E-state index contributed by atoms with van der Waals surface area (Å²) in [4.78, 5) is 12.0. The molecule has 0 aliphatic rings. The lowest BCUT2D eigenvalue weighted by Crippen LogP contribution is -2.38. The molecule has 0 saturated heterocycles. The van der Waals surface area contributed by atoms with Crippen molar-refractivity contribution >= 4 is 41.3 Å². The first-order chi connectivity index (χ1) is 9.61. The third-order valence-electron chi connectivity index (χ3n) is 3.28. The Labute approximate surface area is 147 Å². The third-order valence-corrected chi connectivity index (χ3v) is 4.21. The summed E-state index contributed by atoms with van der Waals surface area (Å²) < 4.78 is 2.12. The minimum atomic E-state index is 0. The van der Waals surface area contributed by atoms with E-state index in [2.05, 4.69) is 50.1 Å². The van der Waals surface area contributed by atoms with Gasteiger partial charge in [0, 0.05) is 37.9 Å². The Morgan fingerprint density at radius 3 is 2.81 bits per heavy atom. The van der Waals surface area contributed by atoms with E-state index >= 15 is 0 Å². The van der Waals surface area contributed by atoms with Crippen LogP contribution in [0.2, 0.25) is 0 Å². The van der Waals surface area contributed by atoms with Crippen LogP contribution in [0.15, 0.2) is 28.8 Å². The van der Waals surface area contributed by atoms with Crippen LogP contribution in [0, 0.1) is 6.92 Å². The number of hydrogen-bond acceptors (Lipinski definition) is 3. The van der Waals surface area contributed by atoms with E-state index in [1.54, 1.807) is 11.3 Å². The van der Waals surface area contributed by atoms with Crippen molar-refractivity contribution in [3.63, 3.8) is 0 Å². The molecule has 2 aromatic rings. The lowest BCUT2D eigenvalue weighted by atomic mass is 10.4. The lowest BCUT2D eigenvalue weighted by Gasteiger charge is -2.22. The number of guanidine groups is 1. The zero-order chi connectivity index (χ0) is 14.5. The van der Waals surface area contributed by atoms with E-state index in [-0.39, 0.29) is 24.0 Å². The van der Waals surface area contributed by atoms with Crippen LogP contribution < -0.4 is 5.32 Å². The number of nitrogens with one attached hydrogen (secondary N) is 1. The maximum Gasteiger partial charge on any atom is 0.194 e. The van der Waals surface area contributed by atoms with Crippen LogP contribution in [0.5, 0.6) is 0 Å². The minimum Gasteiger partial charge on any atom is -0.353 e. The van der Waals surface area contributed by atoms with Gasteiger partial charge in [0.15, 0.2) is 5.96 Å². The molecule has 0 unspecified atom stereocenters. The van der Waals surface area contributed by atoms with E-state index in [0.29, 0.717) is 0 Å². The van der Waals surface area contributed by atoms with Gasteiger partial charge in [-0.05, 0) is 19.1 Å². The summed E-state index contributed by atoms with van der Waals surface area (Å²) in [7, 11) is 5.91. The van der Waals surface area contributed by atoms with Gasteiger partial charge in [0.2, 0.25) is 0 Å². The fourth-order valence-corrected chi connectivity index (χ4v) is 2.74. The maximum absolute atomic E-state index is 4.33. The Morgan fingerprint density at radius 1 is 1.52 bits per heavy atom. The van der Waals surface area contributed by atoms with Crippen LogP contribution in [0.3, 0.4) is 0 Å². The highest BCUT2D eigenvalue weighted by molar-refractivity contribution is 14.0. The first-order valence-corrected chi connectivity index (χ1v) is 7.40. The Bertz CT molecular complexity index is 590. The predicted octanol–water partition coefficient (Wildman–Crippen LogP) is 2.62. The summed E-state index contributed by atoms with van der Waals surface area (Å²) in [6.07, 6.45) is 2.06. The second-order valence-corrected chi connectivity index (χ2v) is 5.67. The summed E-state index contributed by atoms with van der Waals surface area (Å²) in [5.74, 6) is 0.888. The second kappa shape index (κ2) is 8.38. The number of thiazole rings is 1. The fourth-order valence-electron chi connectivity index (χ4n) is 2.02. The van der Waals surface area contributed by atoms with Crippen molar-refractivity contribution in [1.82, 2.24) is 19.8 Å². The number of halogens is 1. The molecular weight excluding hydrogens is 397 g/mol. The highest BCUT2D eigenvalue weighted by Crippen LogP contribution is 2.11. The maximum atomic E-state index is 4.33. The number of rotatable bonds is 4. The normalized spacial score (nSPS) is 11.1. The van der Waals surface area contributed by atoms with Gasteiger partial charge in [0.1, 0.15) is 0 Å². The highest BCUT2D eigenvalue weighted by atomic mass is 127. The average molecular weight is 419 g/mol. The molecular formula is C14H22IN5S. The van der Waals surface area contributed by atoms with Crippen molar-refractivity contribution in [3.8, 4) is 0 Å². The molecule has 0 bridgehead atoms. The molecule has 0 radical (unpaired) electrons. The van der Waals surface area contributed by atoms with Gasteiger partial charge in [-0.3, -0.25) is 4.99 Å². The van der Waals surface area contributed by atoms with Crippen LogP contribution in [0.25, 0.3) is 0 Å². The average Bonchev–Trinajstić information content (AvgIpc) is 3.00. The minimum absolute atomic E-state index is 0. The van der Waals surface area contributed by atoms with Crippen LogP contribution in [0.4, 0.5) is 0 Å². The molecule has 0 spiro atoms. The van der Waals surface area contributed by atoms with Crippen molar-refractivity contribution in [2.24, 2.45) is 12.0 Å². The quantitative estimate of drug-likeness (QED) is 0.471. The summed E-state index contributed by atoms with van der Waals surface area (Å²) in [6, 6.07) is 4.18. The molecule has 0 fully saturated rings. The highest BCUT2D eigenvalue weighted by Gasteiger charge is 2.09. The summed E-state index contributed by atoms with van der Waals surface area (Å²) in [6.45, 7) is 3.62. The Kier molecular flexibility index (Phi) is 7.16. The molecule has 7 heteroatoms. The fraction of sp³-hybridized carbons (Fsp3) is 0.429. The van der Waals surface area contributed by atoms with Gasteiger partial charge in [-0.25, -0.2) is 4.98 Å². The van der Waals surface area contributed by atoms with Crippen molar-refractivity contribution in [2.45, 2.75) is 20.0 Å². The van der Waals surface area contributed by atoms with Crippen LogP contribution in [0.1, 0.15) is 16.3 Å². The molecule has 0 atom stereocenters. The third kappa shape index (κ3) is 4.70. The van der Waals surface area contributed by atoms with E-state index in [1.807, 2.05) is 26.5 Å². The molecule has 0 amide bonds. The van der Waals surface area contributed by atoms with Crippen molar-refractivity contribution in [2.75, 3.05) is 14.1 Å². The van der Waals surface area contributed by atoms with E-state index in [4.69, 9.17) is 0 Å². The topological polar surface area (TPSA) is 45.5 Å². The molecule has 0 aromatic carbocycles. The molecule has 5 nitrogen and oxygen atoms in total. The SMILES string of the molecule is CN=C(NCc1scnc1C)N(C)Cc1cccn1C.I. The molecule has 2 heterocycles. The molecule has 2 aromatic heterocycles. The molecule has 21 heavy (non-hydrogen) atoms. The first-order valence-electron chi connectivity index (χ1n) is 6.52. The smallest absolute Gasteiger partial charge is 0.194 e. The molecule has 0 aliphatic heterocycles. The predicted molar refractivity (Wildman–Crippen MR) is 99.3 cm³/mol. The van der Waals surface area contributed by atoms with E-state index < -0.39 is 0 Å². The number of nitrogens with zero attached hydrogens (tertiary/aromatic N) is 4. The zero-order valence-electron chi connectivity index (χ0n) is 12.8. The standard InChI is InChI=1S/C14H21N5S.HI/c1-11-13(20-10-17-11)8-16-14(15-2)19(4)9-12-6-5-7-18(12)3;/h5-7,10H,8-9H2,1-4H3,(H,15,16);1H. The number of aliphatic imine (C=N–C) groups is 1. The summed E-state index contributed by atoms with van der Waals surface area (Å²) in [5, 5.41) is 3.38. The summed E-state index contributed by atoms with van der Waals surface area (Å²) in [5.41, 5.74) is 4.22. The van der Waals surface area contributed by atoms with E-state index in [9.17, 15) is 0 Å². The Balaban J connectivity index is 0.00000220. The van der Waals surface area contributed by atoms with Crippen molar-refractivity contribution in [3.05, 3.63) is 40.1 Å². The second-order valence-electron chi connectivity index (χ2n) is 4.73. The van der Waals surface area contributed by atoms with Crippen LogP contribution in [-0.2, 0) is 20.1 Å². The Morgan fingerprint density at radius 2 is 2.29 bits per heavy atom. The molecule has 1 N–H and O–H groups in total. The number of aromatic nitrogens is 2. The van der Waals surface area contributed by atoms with Crippen molar-refractivity contribution < 1.29 is 0 Å². The molecule has 0 saturated carbocycles. The van der Waals surface area contributed by atoms with E-state index in [1.165, 1.54) is 10.6 Å². The van der Waals surface area contributed by atoms with Gasteiger partial charge in [0.05, 0.1) is 24.3 Å². The van der Waals surface area contributed by atoms with Crippen molar-refractivity contribution in [1.29, 1.82) is 0 Å². The van der Waals surface area contributed by atoms with Gasteiger partial charge >= 0.3 is 0 Å². The van der Waals surface area contributed by atoms with Gasteiger partial charge < -0.3 is 14.8 Å². The first kappa shape index (κ1) is 18.0. The van der Waals surface area contributed by atoms with E-state index in [0.717, 1.165) is 24.7 Å². The molecule has 2 rings (SSSR count). The van der Waals surface area contributed by atoms with Gasteiger partial charge in [0.25, 0.3) is 0 Å². The zero-order valence-corrected chi connectivity index (χ0v) is 16.0. The Hall–Kier alpha value is -1.09.